The predicted molar refractivity (Wildman–Crippen MR) is 44.2 cm³/mol. The Hall–Kier alpha value is -2.33. The molecule has 0 radical (unpaired) electrons. The summed E-state index contributed by atoms with van der Waals surface area (Å²) in [5.74, 6) is -0.500. The molecule has 0 saturated heterocycles. The number of carbonyl (C=O) groups excluding carboxylic acids is 1. The molecule has 0 atom stereocenters. The third-order valence-corrected chi connectivity index (χ3v) is 1.42. The van der Waals surface area contributed by atoms with Gasteiger partial charge in [-0.05, 0) is 18.2 Å². The zero-order valence-electron chi connectivity index (χ0n) is 6.61. The molecule has 4 heteroatoms. The van der Waals surface area contributed by atoms with Crippen LogP contribution in [0.15, 0.2) is 24.3 Å². The Morgan fingerprint density at radius 3 is 2.77 bits per heavy atom. The third kappa shape index (κ3) is 2.05. The maximum absolute atomic E-state index is 11.1. The fourth-order valence-electron chi connectivity index (χ4n) is 0.853. The van der Waals surface area contributed by atoms with E-state index in [1.54, 1.807) is 12.1 Å². The minimum atomic E-state index is -0.500. The Morgan fingerprint density at radius 1 is 1.38 bits per heavy atom. The molecule has 0 aliphatic carbocycles. The first kappa shape index (κ1) is 8.76. The topological polar surface area (TPSA) is 76.7 Å². The molecular formula is C9H5N3O. The van der Waals surface area contributed by atoms with Gasteiger partial charge < -0.3 is 0 Å². The number of benzene rings is 1. The van der Waals surface area contributed by atoms with Gasteiger partial charge in [0, 0.05) is 5.56 Å². The first-order chi connectivity index (χ1) is 6.27. The van der Waals surface area contributed by atoms with Crippen molar-refractivity contribution in [3.8, 4) is 12.3 Å². The van der Waals surface area contributed by atoms with Gasteiger partial charge >= 0.3 is 0 Å². The van der Waals surface area contributed by atoms with E-state index in [1.165, 1.54) is 18.3 Å². The van der Waals surface area contributed by atoms with Crippen LogP contribution in [-0.4, -0.2) is 5.91 Å². The van der Waals surface area contributed by atoms with Gasteiger partial charge in [-0.1, -0.05) is 6.07 Å². The second-order valence-electron chi connectivity index (χ2n) is 2.26. The fraction of sp³-hybridized carbons (Fsp3) is 0. The summed E-state index contributed by atoms with van der Waals surface area (Å²) in [5.41, 5.74) is 0.700. The van der Waals surface area contributed by atoms with Gasteiger partial charge in [0.15, 0.2) is 6.19 Å². The molecule has 0 aliphatic rings. The molecule has 0 spiro atoms. The molecule has 62 valence electrons. The quantitative estimate of drug-likeness (QED) is 0.500. The largest absolute Gasteiger partial charge is 0.268 e. The molecule has 0 aliphatic heterocycles. The second kappa shape index (κ2) is 3.89. The minimum Gasteiger partial charge on any atom is -0.268 e. The Labute approximate surface area is 75.0 Å². The summed E-state index contributed by atoms with van der Waals surface area (Å²) in [6, 6.07) is 8.03. The average Bonchev–Trinajstić information content (AvgIpc) is 2.18. The molecule has 1 N–H and O–H groups in total. The number of nitrogens with one attached hydrogen (secondary N) is 1. The standard InChI is InChI=1S/C9H5N3O/c10-5-7-2-1-3-8(4-7)9(13)12-6-11/h1-4H,(H,12,13). The van der Waals surface area contributed by atoms with Crippen molar-refractivity contribution in [1.82, 2.24) is 5.32 Å². The lowest BCUT2D eigenvalue weighted by Gasteiger charge is -1.96. The van der Waals surface area contributed by atoms with E-state index >= 15 is 0 Å². The summed E-state index contributed by atoms with van der Waals surface area (Å²) >= 11 is 0. The van der Waals surface area contributed by atoms with Gasteiger partial charge in [0.1, 0.15) is 0 Å². The van der Waals surface area contributed by atoms with E-state index in [0.29, 0.717) is 11.1 Å². The highest BCUT2D eigenvalue weighted by atomic mass is 16.1. The van der Waals surface area contributed by atoms with E-state index in [2.05, 4.69) is 0 Å². The van der Waals surface area contributed by atoms with Crippen LogP contribution in [0.2, 0.25) is 0 Å². The van der Waals surface area contributed by atoms with Crippen molar-refractivity contribution >= 4 is 5.91 Å². The molecule has 4 nitrogen and oxygen atoms in total. The van der Waals surface area contributed by atoms with Crippen LogP contribution in [0.25, 0.3) is 0 Å². The van der Waals surface area contributed by atoms with E-state index < -0.39 is 5.91 Å². The number of hydrogen-bond donors (Lipinski definition) is 1. The molecule has 0 heterocycles. The fourth-order valence-corrected chi connectivity index (χ4v) is 0.853. The monoisotopic (exact) mass is 171 g/mol. The van der Waals surface area contributed by atoms with Crippen LogP contribution in [0, 0.1) is 22.8 Å². The van der Waals surface area contributed by atoms with Crippen molar-refractivity contribution in [2.24, 2.45) is 0 Å². The number of nitriles is 2. The number of hydrogen-bond acceptors (Lipinski definition) is 3. The van der Waals surface area contributed by atoms with Gasteiger partial charge in [0.25, 0.3) is 5.91 Å². The zero-order valence-corrected chi connectivity index (χ0v) is 6.61. The highest BCUT2D eigenvalue weighted by molar-refractivity contribution is 5.95. The molecule has 1 rings (SSSR count). The molecular weight excluding hydrogens is 166 g/mol. The molecule has 0 bridgehead atoms. The Kier molecular flexibility index (Phi) is 2.62. The minimum absolute atomic E-state index is 0.306. The van der Waals surface area contributed by atoms with Gasteiger partial charge in [0.05, 0.1) is 11.6 Å². The van der Waals surface area contributed by atoms with Crippen molar-refractivity contribution in [1.29, 1.82) is 10.5 Å². The van der Waals surface area contributed by atoms with Crippen LogP contribution >= 0.6 is 0 Å². The van der Waals surface area contributed by atoms with Gasteiger partial charge in [-0.3, -0.25) is 10.1 Å². The summed E-state index contributed by atoms with van der Waals surface area (Å²) in [7, 11) is 0. The van der Waals surface area contributed by atoms with E-state index in [-0.39, 0.29) is 0 Å². The molecule has 1 aromatic rings. The van der Waals surface area contributed by atoms with Crippen molar-refractivity contribution in [3.05, 3.63) is 35.4 Å². The van der Waals surface area contributed by atoms with E-state index in [9.17, 15) is 4.79 Å². The molecule has 0 saturated carbocycles. The van der Waals surface area contributed by atoms with Crippen LogP contribution in [0.4, 0.5) is 0 Å². The summed E-state index contributed by atoms with van der Waals surface area (Å²) in [6.45, 7) is 0. The van der Waals surface area contributed by atoms with E-state index in [0.717, 1.165) is 0 Å². The molecule has 0 fully saturated rings. The number of rotatable bonds is 1. The Balaban J connectivity index is 2.98. The van der Waals surface area contributed by atoms with E-state index in [4.69, 9.17) is 10.5 Å². The number of amides is 1. The highest BCUT2D eigenvalue weighted by Crippen LogP contribution is 2.03. The average molecular weight is 171 g/mol. The smallest absolute Gasteiger partial charge is 0.264 e. The second-order valence-corrected chi connectivity index (χ2v) is 2.26. The predicted octanol–water partition coefficient (Wildman–Crippen LogP) is 0.769. The lowest BCUT2D eigenvalue weighted by Crippen LogP contribution is -2.17. The number of nitrogens with zero attached hydrogens (tertiary/aromatic N) is 2. The molecule has 0 aromatic heterocycles. The molecule has 0 unspecified atom stereocenters. The summed E-state index contributed by atoms with van der Waals surface area (Å²) in [5, 5.41) is 18.7. The van der Waals surface area contributed by atoms with Crippen molar-refractivity contribution in [2.45, 2.75) is 0 Å². The molecule has 1 amide bonds. The van der Waals surface area contributed by atoms with Crippen molar-refractivity contribution in [3.63, 3.8) is 0 Å². The van der Waals surface area contributed by atoms with Crippen LogP contribution in [0.1, 0.15) is 15.9 Å². The third-order valence-electron chi connectivity index (χ3n) is 1.42. The summed E-state index contributed by atoms with van der Waals surface area (Å²) in [6.07, 6.45) is 1.52. The SMILES string of the molecule is N#CNC(=O)c1cccc(C#N)c1. The van der Waals surface area contributed by atoms with Crippen LogP contribution in [0.5, 0.6) is 0 Å². The maximum atomic E-state index is 11.1. The van der Waals surface area contributed by atoms with Crippen LogP contribution < -0.4 is 5.32 Å². The van der Waals surface area contributed by atoms with Gasteiger partial charge in [-0.15, -0.1) is 0 Å². The van der Waals surface area contributed by atoms with Gasteiger partial charge in [-0.2, -0.15) is 10.5 Å². The lowest BCUT2D eigenvalue weighted by molar-refractivity contribution is 0.0973. The first-order valence-electron chi connectivity index (χ1n) is 3.47. The lowest BCUT2D eigenvalue weighted by atomic mass is 10.1. The Morgan fingerprint density at radius 2 is 2.15 bits per heavy atom. The zero-order chi connectivity index (χ0) is 9.68. The van der Waals surface area contributed by atoms with E-state index in [1.807, 2.05) is 11.4 Å². The molecule has 13 heavy (non-hydrogen) atoms. The first-order valence-corrected chi connectivity index (χ1v) is 3.47. The van der Waals surface area contributed by atoms with Gasteiger partial charge in [0.2, 0.25) is 0 Å². The van der Waals surface area contributed by atoms with Crippen molar-refractivity contribution < 1.29 is 4.79 Å². The molecule has 1 aromatic carbocycles. The van der Waals surface area contributed by atoms with Crippen molar-refractivity contribution in [2.75, 3.05) is 0 Å². The summed E-state index contributed by atoms with van der Waals surface area (Å²) < 4.78 is 0. The number of carbonyl (C=O) groups is 1. The van der Waals surface area contributed by atoms with Crippen LogP contribution in [0.3, 0.4) is 0 Å². The van der Waals surface area contributed by atoms with Gasteiger partial charge in [-0.25, -0.2) is 0 Å². The summed E-state index contributed by atoms with van der Waals surface area (Å²) in [4.78, 5) is 11.1. The maximum Gasteiger partial charge on any atom is 0.264 e. The normalized spacial score (nSPS) is 8.15. The Bertz CT molecular complexity index is 412. The van der Waals surface area contributed by atoms with Crippen LogP contribution in [-0.2, 0) is 0 Å². The highest BCUT2D eigenvalue weighted by Gasteiger charge is 2.03.